The van der Waals surface area contributed by atoms with Crippen molar-refractivity contribution >= 4 is 34.7 Å². The van der Waals surface area contributed by atoms with Gasteiger partial charge in [0.15, 0.2) is 5.41 Å². The first-order valence-electron chi connectivity index (χ1n) is 9.60. The Labute approximate surface area is 175 Å². The molecule has 4 rings (SSSR count). The molecule has 4 aromatic carbocycles. The third-order valence-corrected chi connectivity index (χ3v) is 9.87. The fourth-order valence-corrected chi connectivity index (χ4v) is 8.37. The fourth-order valence-electron chi connectivity index (χ4n) is 3.91. The van der Waals surface area contributed by atoms with E-state index < -0.39 is 13.0 Å². The summed E-state index contributed by atoms with van der Waals surface area (Å²) in [5, 5.41) is 14.0. The van der Waals surface area contributed by atoms with Crippen LogP contribution >= 0.6 is 0 Å². The average molecular weight is 410 g/mol. The third-order valence-electron chi connectivity index (χ3n) is 5.30. The quantitative estimate of drug-likeness (QED) is 0.212. The second-order valence-electron chi connectivity index (χ2n) is 6.98. The van der Waals surface area contributed by atoms with Gasteiger partial charge in [-0.15, -0.1) is 0 Å². The molecule has 0 aliphatic rings. The summed E-state index contributed by atoms with van der Waals surface area (Å²) in [7, 11) is -3.12. The zero-order valence-corrected chi connectivity index (χ0v) is 17.1. The molecule has 0 spiro atoms. The van der Waals surface area contributed by atoms with Crippen molar-refractivity contribution in [2.45, 2.75) is 0 Å². The highest BCUT2D eigenvalue weighted by Gasteiger charge is 2.47. The first kappa shape index (κ1) is 19.5. The Kier molecular flexibility index (Phi) is 5.37. The standard InChI is InChI=1S/C25H19NO3Si/c27-25(20-16-18-21(19-17-20)26(28)29)30(22-10-4-1-5-11-22,23-12-6-2-7-13-23)24-14-8-3-9-15-24/h1-19H. The summed E-state index contributed by atoms with van der Waals surface area (Å²) in [5.74, 6) is 0. The Morgan fingerprint density at radius 1 is 0.600 bits per heavy atom. The number of rotatable bonds is 6. The minimum Gasteiger partial charge on any atom is -0.299 e. The summed E-state index contributed by atoms with van der Waals surface area (Å²) in [6.07, 6.45) is 0. The van der Waals surface area contributed by atoms with Gasteiger partial charge in [0.1, 0.15) is 0 Å². The Hall–Kier alpha value is -3.83. The van der Waals surface area contributed by atoms with Gasteiger partial charge in [-0.2, -0.15) is 0 Å². The molecular formula is C25H19NO3Si. The van der Waals surface area contributed by atoms with Gasteiger partial charge in [-0.1, -0.05) is 91.0 Å². The monoisotopic (exact) mass is 409 g/mol. The van der Waals surface area contributed by atoms with Crippen molar-refractivity contribution in [2.75, 3.05) is 0 Å². The van der Waals surface area contributed by atoms with Gasteiger partial charge in [0.2, 0.25) is 8.07 Å². The van der Waals surface area contributed by atoms with Gasteiger partial charge in [-0.25, -0.2) is 0 Å². The summed E-state index contributed by atoms with van der Waals surface area (Å²) < 4.78 is 0. The van der Waals surface area contributed by atoms with E-state index in [4.69, 9.17) is 0 Å². The highest BCUT2D eigenvalue weighted by Crippen LogP contribution is 2.18. The molecular weight excluding hydrogens is 390 g/mol. The van der Waals surface area contributed by atoms with Crippen LogP contribution in [0, 0.1) is 10.1 Å². The largest absolute Gasteiger partial charge is 0.299 e. The van der Waals surface area contributed by atoms with Crippen LogP contribution in [0.25, 0.3) is 0 Å². The molecule has 0 saturated heterocycles. The molecule has 0 unspecified atom stereocenters. The smallest absolute Gasteiger partial charge is 0.269 e. The second-order valence-corrected chi connectivity index (χ2v) is 10.7. The Balaban J connectivity index is 2.02. The first-order valence-corrected chi connectivity index (χ1v) is 11.6. The van der Waals surface area contributed by atoms with Crippen LogP contribution in [-0.4, -0.2) is 18.4 Å². The molecule has 4 aromatic rings. The minimum atomic E-state index is -3.12. The van der Waals surface area contributed by atoms with E-state index in [2.05, 4.69) is 0 Å². The second kappa shape index (κ2) is 8.27. The maximum Gasteiger partial charge on any atom is 0.269 e. The van der Waals surface area contributed by atoms with Crippen LogP contribution in [0.2, 0.25) is 0 Å². The maximum atomic E-state index is 14.2. The van der Waals surface area contributed by atoms with E-state index in [0.29, 0.717) is 5.56 Å². The van der Waals surface area contributed by atoms with Crippen LogP contribution in [0.4, 0.5) is 5.69 Å². The van der Waals surface area contributed by atoms with E-state index in [1.54, 1.807) is 12.1 Å². The van der Waals surface area contributed by atoms with Gasteiger partial charge in [0.25, 0.3) is 5.69 Å². The van der Waals surface area contributed by atoms with Gasteiger partial charge in [-0.3, -0.25) is 14.9 Å². The lowest BCUT2D eigenvalue weighted by Gasteiger charge is -2.32. The number of nitro benzene ring substituents is 1. The van der Waals surface area contributed by atoms with Gasteiger partial charge in [0.05, 0.1) is 4.92 Å². The number of non-ortho nitro benzene ring substituents is 1. The normalized spacial score (nSPS) is 11.1. The predicted octanol–water partition coefficient (Wildman–Crippen LogP) is 3.49. The van der Waals surface area contributed by atoms with E-state index in [-0.39, 0.29) is 11.1 Å². The molecule has 0 aromatic heterocycles. The topological polar surface area (TPSA) is 60.2 Å². The van der Waals surface area contributed by atoms with E-state index >= 15 is 0 Å². The summed E-state index contributed by atoms with van der Waals surface area (Å²) in [6.45, 7) is 0. The zero-order valence-electron chi connectivity index (χ0n) is 16.1. The van der Waals surface area contributed by atoms with E-state index in [1.807, 2.05) is 91.0 Å². The molecule has 0 aliphatic carbocycles. The fraction of sp³-hybridized carbons (Fsp3) is 0. The van der Waals surface area contributed by atoms with Gasteiger partial charge in [-0.05, 0) is 27.7 Å². The lowest BCUT2D eigenvalue weighted by Crippen LogP contribution is -2.72. The molecule has 0 bridgehead atoms. The predicted molar refractivity (Wildman–Crippen MR) is 121 cm³/mol. The van der Waals surface area contributed by atoms with Gasteiger partial charge >= 0.3 is 0 Å². The highest BCUT2D eigenvalue weighted by molar-refractivity contribution is 7.31. The van der Waals surface area contributed by atoms with Crippen LogP contribution in [0.15, 0.2) is 115 Å². The zero-order chi connectivity index (χ0) is 21.0. The number of hydrogen-bond donors (Lipinski definition) is 0. The van der Waals surface area contributed by atoms with Crippen molar-refractivity contribution in [2.24, 2.45) is 0 Å². The summed E-state index contributed by atoms with van der Waals surface area (Å²) in [6, 6.07) is 35.5. The van der Waals surface area contributed by atoms with Crippen molar-refractivity contribution in [3.8, 4) is 0 Å². The number of carbonyl (C=O) groups is 1. The van der Waals surface area contributed by atoms with Gasteiger partial charge in [0, 0.05) is 17.7 Å². The van der Waals surface area contributed by atoms with Gasteiger partial charge < -0.3 is 0 Å². The Morgan fingerprint density at radius 3 is 1.30 bits per heavy atom. The number of hydrogen-bond acceptors (Lipinski definition) is 3. The molecule has 146 valence electrons. The lowest BCUT2D eigenvalue weighted by atomic mass is 10.2. The molecule has 0 radical (unpaired) electrons. The summed E-state index contributed by atoms with van der Waals surface area (Å²) in [5.41, 5.74) is 0.446. The number of nitro groups is 1. The summed E-state index contributed by atoms with van der Waals surface area (Å²) in [4.78, 5) is 24.9. The van der Waals surface area contributed by atoms with Crippen LogP contribution in [0.5, 0.6) is 0 Å². The average Bonchev–Trinajstić information content (AvgIpc) is 2.82. The molecule has 0 N–H and O–H groups in total. The van der Waals surface area contributed by atoms with Crippen molar-refractivity contribution in [3.63, 3.8) is 0 Å². The minimum absolute atomic E-state index is 0.000924. The third kappa shape index (κ3) is 3.36. The molecule has 0 atom stereocenters. The summed E-state index contributed by atoms with van der Waals surface area (Å²) >= 11 is 0. The SMILES string of the molecule is O=C(c1ccc([N+](=O)[O-])cc1)[Si](c1ccccc1)(c1ccccc1)c1ccccc1. The Morgan fingerprint density at radius 2 is 0.967 bits per heavy atom. The molecule has 30 heavy (non-hydrogen) atoms. The molecule has 4 nitrogen and oxygen atoms in total. The first-order chi connectivity index (χ1) is 14.6. The van der Waals surface area contributed by atoms with Crippen molar-refractivity contribution in [1.82, 2.24) is 0 Å². The number of carbonyl (C=O) groups excluding carboxylic acids is 1. The van der Waals surface area contributed by atoms with Crippen LogP contribution in [0.1, 0.15) is 10.4 Å². The molecule has 0 heterocycles. The van der Waals surface area contributed by atoms with E-state index in [0.717, 1.165) is 15.6 Å². The van der Waals surface area contributed by atoms with Crippen molar-refractivity contribution in [1.29, 1.82) is 0 Å². The molecule has 0 amide bonds. The van der Waals surface area contributed by atoms with Crippen LogP contribution < -0.4 is 15.6 Å². The van der Waals surface area contributed by atoms with Crippen molar-refractivity contribution < 1.29 is 9.72 Å². The number of nitrogens with zero attached hydrogens (tertiary/aromatic N) is 1. The molecule has 0 fully saturated rings. The molecule has 5 heteroatoms. The number of benzene rings is 4. The molecule has 0 aliphatic heterocycles. The highest BCUT2D eigenvalue weighted by atomic mass is 28.3. The maximum absolute atomic E-state index is 14.2. The van der Waals surface area contributed by atoms with E-state index in [1.165, 1.54) is 12.1 Å². The van der Waals surface area contributed by atoms with Crippen LogP contribution in [0.3, 0.4) is 0 Å². The van der Waals surface area contributed by atoms with E-state index in [9.17, 15) is 14.9 Å². The van der Waals surface area contributed by atoms with Crippen LogP contribution in [-0.2, 0) is 0 Å². The lowest BCUT2D eigenvalue weighted by molar-refractivity contribution is -0.384. The molecule has 0 saturated carbocycles. The Bertz CT molecular complexity index is 1060. The van der Waals surface area contributed by atoms with Crippen molar-refractivity contribution in [3.05, 3.63) is 131 Å².